The smallest absolute Gasteiger partial charge is 0.173 e. The predicted molar refractivity (Wildman–Crippen MR) is 44.4 cm³/mol. The summed E-state index contributed by atoms with van der Waals surface area (Å²) >= 11 is 3.02. The number of nitrogens with zero attached hydrogens (tertiary/aromatic N) is 2. The summed E-state index contributed by atoms with van der Waals surface area (Å²) in [6.45, 7) is 0. The van der Waals surface area contributed by atoms with E-state index >= 15 is 0 Å². The number of aromatic nitrogens is 1. The monoisotopic (exact) mass is 233 g/mol. The van der Waals surface area contributed by atoms with Crippen molar-refractivity contribution in [3.05, 3.63) is 28.2 Å². The molecule has 0 saturated carbocycles. The summed E-state index contributed by atoms with van der Waals surface area (Å²) in [6.07, 6.45) is 0.984. The Kier molecular flexibility index (Phi) is 2.59. The Bertz CT molecular complexity index is 329. The van der Waals surface area contributed by atoms with Crippen molar-refractivity contribution in [3.63, 3.8) is 0 Å². The van der Waals surface area contributed by atoms with E-state index in [9.17, 15) is 4.39 Å². The van der Waals surface area contributed by atoms with E-state index in [2.05, 4.69) is 26.1 Å². The van der Waals surface area contributed by atoms with Crippen LogP contribution in [0.3, 0.4) is 0 Å². The molecule has 0 bridgehead atoms. The number of hydrogen-bond donors (Lipinski definition) is 2. The zero-order valence-electron chi connectivity index (χ0n) is 5.83. The Morgan fingerprint density at radius 2 is 2.42 bits per heavy atom. The van der Waals surface area contributed by atoms with Gasteiger partial charge in [0, 0.05) is 0 Å². The van der Waals surface area contributed by atoms with Gasteiger partial charge in [-0.25, -0.2) is 9.37 Å². The van der Waals surface area contributed by atoms with Gasteiger partial charge >= 0.3 is 0 Å². The lowest BCUT2D eigenvalue weighted by molar-refractivity contribution is 0.318. The number of nitrogens with two attached hydrogens (primary N) is 1. The predicted octanol–water partition coefficient (Wildman–Crippen LogP) is 1.08. The van der Waals surface area contributed by atoms with Gasteiger partial charge in [0.05, 0.1) is 11.8 Å². The first-order valence-electron chi connectivity index (χ1n) is 2.94. The first-order valence-corrected chi connectivity index (χ1v) is 3.73. The van der Waals surface area contributed by atoms with Gasteiger partial charge in [-0.3, -0.25) is 0 Å². The zero-order chi connectivity index (χ0) is 9.14. The van der Waals surface area contributed by atoms with Gasteiger partial charge in [0.15, 0.2) is 11.7 Å². The van der Waals surface area contributed by atoms with Crippen LogP contribution in [0.15, 0.2) is 22.0 Å². The Labute approximate surface area is 76.0 Å². The second-order valence-electron chi connectivity index (χ2n) is 1.97. The van der Waals surface area contributed by atoms with Crippen molar-refractivity contribution in [1.29, 1.82) is 0 Å². The molecule has 64 valence electrons. The van der Waals surface area contributed by atoms with Crippen molar-refractivity contribution in [2.45, 2.75) is 0 Å². The summed E-state index contributed by atoms with van der Waals surface area (Å²) in [7, 11) is 0. The summed E-state index contributed by atoms with van der Waals surface area (Å²) in [5.41, 5.74) is 5.19. The molecule has 0 aliphatic carbocycles. The first-order chi connectivity index (χ1) is 5.65. The molecule has 4 nitrogen and oxygen atoms in total. The van der Waals surface area contributed by atoms with E-state index < -0.39 is 5.82 Å². The van der Waals surface area contributed by atoms with Crippen LogP contribution in [0.2, 0.25) is 0 Å². The molecule has 0 atom stereocenters. The molecular formula is C6H5BrFN3O. The van der Waals surface area contributed by atoms with Crippen molar-refractivity contribution in [1.82, 2.24) is 4.98 Å². The maximum Gasteiger partial charge on any atom is 0.173 e. The second-order valence-corrected chi connectivity index (χ2v) is 2.78. The molecule has 0 saturated heterocycles. The quantitative estimate of drug-likeness (QED) is 0.251. The topological polar surface area (TPSA) is 71.5 Å². The molecule has 0 aliphatic rings. The molecule has 0 fully saturated rings. The van der Waals surface area contributed by atoms with Crippen molar-refractivity contribution < 1.29 is 9.60 Å². The molecule has 0 spiro atoms. The van der Waals surface area contributed by atoms with Crippen LogP contribution in [-0.4, -0.2) is 16.0 Å². The fraction of sp³-hybridized carbons (Fsp3) is 0. The number of halogens is 2. The fourth-order valence-corrected chi connectivity index (χ4v) is 0.995. The van der Waals surface area contributed by atoms with Gasteiger partial charge in [0.1, 0.15) is 4.60 Å². The van der Waals surface area contributed by atoms with Crippen LogP contribution in [0, 0.1) is 5.82 Å². The molecule has 1 heterocycles. The summed E-state index contributed by atoms with van der Waals surface area (Å²) in [5.74, 6) is -0.913. The van der Waals surface area contributed by atoms with Gasteiger partial charge in [0.25, 0.3) is 0 Å². The maximum atomic E-state index is 12.9. The van der Waals surface area contributed by atoms with Crippen molar-refractivity contribution in [2.75, 3.05) is 0 Å². The van der Waals surface area contributed by atoms with Crippen LogP contribution in [0.4, 0.5) is 4.39 Å². The standard InChI is InChI=1S/C6H5BrFN3O/c7-5-1-3(6(9)11-12)4(8)2-10-5/h1-2,12H,(H2,9,11). The zero-order valence-corrected chi connectivity index (χ0v) is 7.42. The fourth-order valence-electron chi connectivity index (χ4n) is 0.663. The number of oxime groups is 1. The van der Waals surface area contributed by atoms with Crippen LogP contribution in [0.1, 0.15) is 5.56 Å². The molecule has 0 aliphatic heterocycles. The van der Waals surface area contributed by atoms with E-state index in [4.69, 9.17) is 10.9 Å². The van der Waals surface area contributed by atoms with E-state index in [-0.39, 0.29) is 11.4 Å². The molecule has 12 heavy (non-hydrogen) atoms. The summed E-state index contributed by atoms with van der Waals surface area (Å²) in [6, 6.07) is 1.32. The van der Waals surface area contributed by atoms with Crippen LogP contribution >= 0.6 is 15.9 Å². The largest absolute Gasteiger partial charge is 0.409 e. The number of rotatable bonds is 1. The van der Waals surface area contributed by atoms with E-state index in [1.165, 1.54) is 6.07 Å². The van der Waals surface area contributed by atoms with Crippen LogP contribution < -0.4 is 5.73 Å². The lowest BCUT2D eigenvalue weighted by Gasteiger charge is -1.99. The second kappa shape index (κ2) is 3.48. The Hall–Kier alpha value is -1.17. The first kappa shape index (κ1) is 8.92. The third-order valence-electron chi connectivity index (χ3n) is 1.21. The van der Waals surface area contributed by atoms with Gasteiger partial charge in [-0.2, -0.15) is 0 Å². The van der Waals surface area contributed by atoms with Crippen molar-refractivity contribution in [2.24, 2.45) is 10.9 Å². The van der Waals surface area contributed by atoms with E-state index in [1.807, 2.05) is 0 Å². The van der Waals surface area contributed by atoms with Crippen molar-refractivity contribution >= 4 is 21.8 Å². The third-order valence-corrected chi connectivity index (χ3v) is 1.64. The third kappa shape index (κ3) is 1.70. The SMILES string of the molecule is NC(=NO)c1cc(Br)ncc1F. The highest BCUT2D eigenvalue weighted by atomic mass is 79.9. The molecule has 3 N–H and O–H groups in total. The molecule has 1 aromatic rings. The molecule has 0 aromatic carbocycles. The summed E-state index contributed by atoms with van der Waals surface area (Å²) < 4.78 is 13.3. The van der Waals surface area contributed by atoms with E-state index in [0.29, 0.717) is 4.60 Å². The number of hydrogen-bond acceptors (Lipinski definition) is 3. The molecular weight excluding hydrogens is 229 g/mol. The van der Waals surface area contributed by atoms with Crippen LogP contribution in [-0.2, 0) is 0 Å². The van der Waals surface area contributed by atoms with Crippen LogP contribution in [0.25, 0.3) is 0 Å². The molecule has 6 heteroatoms. The lowest BCUT2D eigenvalue weighted by Crippen LogP contribution is -2.15. The van der Waals surface area contributed by atoms with Gasteiger partial charge < -0.3 is 10.9 Å². The average Bonchev–Trinajstić information content (AvgIpc) is 2.08. The minimum Gasteiger partial charge on any atom is -0.409 e. The van der Waals surface area contributed by atoms with Gasteiger partial charge in [0.2, 0.25) is 0 Å². The highest BCUT2D eigenvalue weighted by Crippen LogP contribution is 2.11. The summed E-state index contributed by atoms with van der Waals surface area (Å²) in [5, 5.41) is 10.9. The average molecular weight is 234 g/mol. The highest BCUT2D eigenvalue weighted by molar-refractivity contribution is 9.10. The van der Waals surface area contributed by atoms with Crippen LogP contribution in [0.5, 0.6) is 0 Å². The minimum absolute atomic E-state index is 0.0133. The maximum absolute atomic E-state index is 12.9. The Balaban J connectivity index is 3.23. The van der Waals surface area contributed by atoms with Crippen molar-refractivity contribution in [3.8, 4) is 0 Å². The highest BCUT2D eigenvalue weighted by Gasteiger charge is 2.07. The lowest BCUT2D eigenvalue weighted by atomic mass is 10.2. The summed E-state index contributed by atoms with van der Waals surface area (Å²) in [4.78, 5) is 3.61. The Morgan fingerprint density at radius 3 is 3.00 bits per heavy atom. The number of amidine groups is 1. The van der Waals surface area contributed by atoms with Gasteiger partial charge in [-0.15, -0.1) is 0 Å². The number of pyridine rings is 1. The molecule has 0 unspecified atom stereocenters. The van der Waals surface area contributed by atoms with E-state index in [1.54, 1.807) is 0 Å². The molecule has 0 radical (unpaired) electrons. The molecule has 1 rings (SSSR count). The molecule has 0 amide bonds. The normalized spacial score (nSPS) is 11.7. The van der Waals surface area contributed by atoms with Gasteiger partial charge in [-0.05, 0) is 22.0 Å². The van der Waals surface area contributed by atoms with Gasteiger partial charge in [-0.1, -0.05) is 5.16 Å². The molecule has 1 aromatic heterocycles. The Morgan fingerprint density at radius 1 is 1.75 bits per heavy atom. The van der Waals surface area contributed by atoms with E-state index in [0.717, 1.165) is 6.20 Å². The minimum atomic E-state index is -0.631.